The minimum Gasteiger partial charge on any atom is -0.324 e. The lowest BCUT2D eigenvalue weighted by molar-refractivity contribution is -0.126. The number of sulfonamides is 1. The van der Waals surface area contributed by atoms with Crippen LogP contribution in [0.4, 0.5) is 5.69 Å². The highest BCUT2D eigenvalue weighted by Crippen LogP contribution is 2.35. The lowest BCUT2D eigenvalue weighted by atomic mass is 10.0. The van der Waals surface area contributed by atoms with Crippen molar-refractivity contribution in [1.29, 1.82) is 0 Å². The molecule has 2 aromatic rings. The van der Waals surface area contributed by atoms with Gasteiger partial charge in [-0.1, -0.05) is 56.3 Å². The first-order chi connectivity index (χ1) is 13.6. The summed E-state index contributed by atoms with van der Waals surface area (Å²) in [4.78, 5) is 25.0. The van der Waals surface area contributed by atoms with Gasteiger partial charge in [-0.3, -0.25) is 9.59 Å². The summed E-state index contributed by atoms with van der Waals surface area (Å²) in [5, 5.41) is 2.67. The molecule has 6 nitrogen and oxygen atoms in total. The van der Waals surface area contributed by atoms with E-state index in [1.54, 1.807) is 24.3 Å². The second-order valence-electron chi connectivity index (χ2n) is 7.41. The first kappa shape index (κ1) is 20.8. The summed E-state index contributed by atoms with van der Waals surface area (Å²) in [6.45, 7) is 6.83. The average Bonchev–Trinajstić information content (AvgIpc) is 2.83. The van der Waals surface area contributed by atoms with Gasteiger partial charge in [0, 0.05) is 11.3 Å². The monoisotopic (exact) mass is 412 g/mol. The summed E-state index contributed by atoms with van der Waals surface area (Å²) in [6, 6.07) is 14.3. The predicted octanol–water partition coefficient (Wildman–Crippen LogP) is 3.66. The molecule has 0 atom stereocenters. The summed E-state index contributed by atoms with van der Waals surface area (Å²) < 4.78 is 26.8. The minimum absolute atomic E-state index is 0.0403. The first-order valence-corrected chi connectivity index (χ1v) is 10.8. The largest absolute Gasteiger partial charge is 0.324 e. The van der Waals surface area contributed by atoms with Gasteiger partial charge in [-0.15, -0.1) is 0 Å². The summed E-state index contributed by atoms with van der Waals surface area (Å²) in [7, 11) is -4.11. The molecule has 152 valence electrons. The van der Waals surface area contributed by atoms with E-state index in [9.17, 15) is 18.0 Å². The molecule has 1 N–H and O–H groups in total. The third-order valence-corrected chi connectivity index (χ3v) is 6.91. The van der Waals surface area contributed by atoms with Crippen molar-refractivity contribution in [2.24, 2.45) is 0 Å². The number of rotatable bonds is 5. The van der Waals surface area contributed by atoms with Gasteiger partial charge in [-0.25, -0.2) is 12.7 Å². The van der Waals surface area contributed by atoms with Crippen molar-refractivity contribution < 1.29 is 18.0 Å². The number of hydrogen-bond donors (Lipinski definition) is 1. The molecule has 2 aromatic carbocycles. The highest BCUT2D eigenvalue weighted by Gasteiger charge is 2.43. The maximum atomic E-state index is 13.1. The van der Waals surface area contributed by atoms with Crippen LogP contribution in [0.1, 0.15) is 43.4 Å². The zero-order chi connectivity index (χ0) is 21.3. The van der Waals surface area contributed by atoms with Crippen molar-refractivity contribution in [3.63, 3.8) is 0 Å². The molecular weight excluding hydrogens is 388 g/mol. The Morgan fingerprint density at radius 1 is 1.03 bits per heavy atom. The molecule has 0 aromatic heterocycles. The van der Waals surface area contributed by atoms with E-state index in [1.807, 2.05) is 45.0 Å². The molecule has 2 amide bonds. The molecule has 0 saturated heterocycles. The van der Waals surface area contributed by atoms with E-state index in [-0.39, 0.29) is 10.5 Å². The van der Waals surface area contributed by atoms with Crippen molar-refractivity contribution in [2.75, 3.05) is 11.9 Å². The van der Waals surface area contributed by atoms with Gasteiger partial charge in [0.15, 0.2) is 0 Å². The van der Waals surface area contributed by atoms with Crippen LogP contribution in [-0.4, -0.2) is 31.1 Å². The first-order valence-electron chi connectivity index (χ1n) is 9.36. The van der Waals surface area contributed by atoms with Crippen LogP contribution in [0, 0.1) is 6.92 Å². The molecule has 1 aliphatic rings. The maximum Gasteiger partial charge on any atom is 0.268 e. The van der Waals surface area contributed by atoms with Crippen LogP contribution >= 0.6 is 0 Å². The van der Waals surface area contributed by atoms with Gasteiger partial charge < -0.3 is 5.32 Å². The lowest BCUT2D eigenvalue weighted by Gasteiger charge is -2.17. The number of nitrogens with zero attached hydrogens (tertiary/aromatic N) is 1. The van der Waals surface area contributed by atoms with E-state index < -0.39 is 28.4 Å². The van der Waals surface area contributed by atoms with Gasteiger partial charge in [0.1, 0.15) is 11.4 Å². The smallest absolute Gasteiger partial charge is 0.268 e. The molecule has 7 heteroatoms. The molecular formula is C22H24N2O4S. The number of nitrogens with one attached hydrogen (secondary N) is 1. The fraction of sp³-hybridized carbons (Fsp3) is 0.273. The standard InChI is InChI=1S/C22H24N2O4S/c1-14(2)17-9-11-18(12-10-17)21-16(4)22(26)24(29(21,27)28)13-20(25)23-19-8-6-5-7-15(19)3/h5-12,14H,13H2,1-4H3,(H,23,25). The van der Waals surface area contributed by atoms with Gasteiger partial charge in [0.25, 0.3) is 15.9 Å². The summed E-state index contributed by atoms with van der Waals surface area (Å²) in [5.41, 5.74) is 3.06. The zero-order valence-electron chi connectivity index (χ0n) is 16.9. The van der Waals surface area contributed by atoms with Crippen LogP contribution in [-0.2, 0) is 19.6 Å². The van der Waals surface area contributed by atoms with Gasteiger partial charge in [-0.05, 0) is 42.5 Å². The summed E-state index contributed by atoms with van der Waals surface area (Å²) >= 11 is 0. The van der Waals surface area contributed by atoms with E-state index in [0.29, 0.717) is 21.5 Å². The Bertz CT molecular complexity index is 1100. The van der Waals surface area contributed by atoms with Crippen molar-refractivity contribution in [3.8, 4) is 0 Å². The number of aryl methyl sites for hydroxylation is 1. The number of anilines is 1. The second-order valence-corrected chi connectivity index (χ2v) is 9.21. The fourth-order valence-electron chi connectivity index (χ4n) is 3.27. The maximum absolute atomic E-state index is 13.1. The number of amides is 2. The SMILES string of the molecule is CC1=C(c2ccc(C(C)C)cc2)S(=O)(=O)N(CC(=O)Nc2ccccc2C)C1=O. The molecule has 1 aliphatic heterocycles. The topological polar surface area (TPSA) is 83.6 Å². The van der Waals surface area contributed by atoms with E-state index in [0.717, 1.165) is 11.1 Å². The highest BCUT2D eigenvalue weighted by molar-refractivity contribution is 7.99. The quantitative estimate of drug-likeness (QED) is 0.812. The van der Waals surface area contributed by atoms with Gasteiger partial charge in [0.2, 0.25) is 5.91 Å². The Kier molecular flexibility index (Phi) is 5.61. The molecule has 1 heterocycles. The number of carbonyl (C=O) groups is 2. The van der Waals surface area contributed by atoms with Crippen LogP contribution in [0.15, 0.2) is 54.1 Å². The minimum atomic E-state index is -4.11. The summed E-state index contributed by atoms with van der Waals surface area (Å²) in [6.07, 6.45) is 0. The molecule has 0 spiro atoms. The zero-order valence-corrected chi connectivity index (χ0v) is 17.7. The van der Waals surface area contributed by atoms with Gasteiger partial charge in [-0.2, -0.15) is 0 Å². The van der Waals surface area contributed by atoms with Crippen molar-refractivity contribution in [2.45, 2.75) is 33.6 Å². The van der Waals surface area contributed by atoms with Crippen LogP contribution in [0.3, 0.4) is 0 Å². The number of hydrogen-bond acceptors (Lipinski definition) is 4. The third kappa shape index (κ3) is 3.96. The Hall–Kier alpha value is -2.93. The molecule has 3 rings (SSSR count). The predicted molar refractivity (Wildman–Crippen MR) is 114 cm³/mol. The van der Waals surface area contributed by atoms with Crippen LogP contribution < -0.4 is 5.32 Å². The molecule has 0 saturated carbocycles. The normalized spacial score (nSPS) is 15.9. The molecule has 0 unspecified atom stereocenters. The Labute approximate surface area is 171 Å². The van der Waals surface area contributed by atoms with Crippen LogP contribution in [0.25, 0.3) is 4.91 Å². The second kappa shape index (κ2) is 7.83. The van der Waals surface area contributed by atoms with Crippen molar-refractivity contribution >= 4 is 32.4 Å². The van der Waals surface area contributed by atoms with Gasteiger partial charge >= 0.3 is 0 Å². The lowest BCUT2D eigenvalue weighted by Crippen LogP contribution is -2.38. The molecule has 29 heavy (non-hydrogen) atoms. The Morgan fingerprint density at radius 2 is 1.66 bits per heavy atom. The third-order valence-electron chi connectivity index (χ3n) is 4.98. The molecule has 0 aliphatic carbocycles. The molecule has 0 bridgehead atoms. The Morgan fingerprint density at radius 3 is 2.24 bits per heavy atom. The summed E-state index contributed by atoms with van der Waals surface area (Å²) in [5.74, 6) is -0.934. The highest BCUT2D eigenvalue weighted by atomic mass is 32.2. The number of para-hydroxylation sites is 1. The fourth-order valence-corrected chi connectivity index (χ4v) is 5.04. The average molecular weight is 413 g/mol. The van der Waals surface area contributed by atoms with E-state index >= 15 is 0 Å². The van der Waals surface area contributed by atoms with Crippen molar-refractivity contribution in [3.05, 3.63) is 70.8 Å². The number of benzene rings is 2. The van der Waals surface area contributed by atoms with Crippen molar-refractivity contribution in [1.82, 2.24) is 4.31 Å². The number of carbonyl (C=O) groups excluding carboxylic acids is 2. The van der Waals surface area contributed by atoms with E-state index in [2.05, 4.69) is 5.32 Å². The molecule has 0 radical (unpaired) electrons. The van der Waals surface area contributed by atoms with E-state index in [4.69, 9.17) is 0 Å². The van der Waals surface area contributed by atoms with Crippen LogP contribution in [0.2, 0.25) is 0 Å². The van der Waals surface area contributed by atoms with E-state index in [1.165, 1.54) is 6.92 Å². The van der Waals surface area contributed by atoms with Gasteiger partial charge in [0.05, 0.1) is 0 Å². The van der Waals surface area contributed by atoms with Crippen LogP contribution in [0.5, 0.6) is 0 Å². The Balaban J connectivity index is 1.85. The molecule has 0 fully saturated rings.